The predicted octanol–water partition coefficient (Wildman–Crippen LogP) is 3.09. The Bertz CT molecular complexity index is 740. The summed E-state index contributed by atoms with van der Waals surface area (Å²) in [4.78, 5) is 26.3. The van der Waals surface area contributed by atoms with E-state index < -0.39 is 0 Å². The minimum Gasteiger partial charge on any atom is -0.347 e. The molecule has 4 nitrogen and oxygen atoms in total. The molecule has 4 heteroatoms. The van der Waals surface area contributed by atoms with E-state index in [-0.39, 0.29) is 23.9 Å². The lowest BCUT2D eigenvalue weighted by Crippen LogP contribution is -2.38. The van der Waals surface area contributed by atoms with Crippen LogP contribution in [0.4, 0.5) is 0 Å². The summed E-state index contributed by atoms with van der Waals surface area (Å²) < 4.78 is 0. The van der Waals surface area contributed by atoms with Gasteiger partial charge >= 0.3 is 0 Å². The third kappa shape index (κ3) is 3.48. The topological polar surface area (TPSA) is 49.4 Å². The Morgan fingerprint density at radius 1 is 1.08 bits per heavy atom. The molecule has 0 aromatic heterocycles. The molecule has 2 aromatic carbocycles. The molecule has 0 radical (unpaired) electrons. The number of nitrogens with zero attached hydrogens (tertiary/aromatic N) is 1. The Kier molecular flexibility index (Phi) is 4.65. The fraction of sp³-hybridized carbons (Fsp3) is 0.300. The molecule has 1 saturated heterocycles. The number of carbonyl (C=O) groups is 2. The molecule has 124 valence electrons. The van der Waals surface area contributed by atoms with Crippen LogP contribution in [-0.2, 0) is 4.79 Å². The van der Waals surface area contributed by atoms with Crippen LogP contribution >= 0.6 is 0 Å². The molecule has 1 fully saturated rings. The largest absolute Gasteiger partial charge is 0.347 e. The summed E-state index contributed by atoms with van der Waals surface area (Å²) in [5, 5.41) is 2.99. The molecule has 0 bridgehead atoms. The molecule has 1 unspecified atom stereocenters. The van der Waals surface area contributed by atoms with E-state index in [4.69, 9.17) is 0 Å². The highest BCUT2D eigenvalue weighted by Crippen LogP contribution is 2.20. The molecule has 24 heavy (non-hydrogen) atoms. The first-order valence-corrected chi connectivity index (χ1v) is 8.30. The second-order valence-electron chi connectivity index (χ2n) is 6.46. The Labute approximate surface area is 142 Å². The summed E-state index contributed by atoms with van der Waals surface area (Å²) in [5.41, 5.74) is 2.70. The van der Waals surface area contributed by atoms with E-state index in [1.165, 1.54) is 0 Å². The zero-order chi connectivity index (χ0) is 17.1. The predicted molar refractivity (Wildman–Crippen MR) is 94.6 cm³/mol. The van der Waals surface area contributed by atoms with Gasteiger partial charge in [0.15, 0.2) is 0 Å². The summed E-state index contributed by atoms with van der Waals surface area (Å²) >= 11 is 0. The quantitative estimate of drug-likeness (QED) is 0.940. The minimum absolute atomic E-state index is 0.105. The number of nitrogens with one attached hydrogen (secondary N) is 1. The van der Waals surface area contributed by atoms with Crippen LogP contribution in [0.25, 0.3) is 11.1 Å². The normalized spacial score (nSPS) is 17.4. The van der Waals surface area contributed by atoms with Gasteiger partial charge in [-0.2, -0.15) is 0 Å². The van der Waals surface area contributed by atoms with Gasteiger partial charge in [0, 0.05) is 24.6 Å². The zero-order valence-electron chi connectivity index (χ0n) is 14.0. The fourth-order valence-corrected chi connectivity index (χ4v) is 3.07. The number of likely N-dealkylation sites (tertiary alicyclic amines) is 1. The summed E-state index contributed by atoms with van der Waals surface area (Å²) in [6, 6.07) is 17.6. The Morgan fingerprint density at radius 2 is 1.79 bits per heavy atom. The van der Waals surface area contributed by atoms with E-state index in [9.17, 15) is 9.59 Å². The van der Waals surface area contributed by atoms with Crippen molar-refractivity contribution in [1.82, 2.24) is 10.2 Å². The van der Waals surface area contributed by atoms with Crippen molar-refractivity contribution in [3.63, 3.8) is 0 Å². The fourth-order valence-electron chi connectivity index (χ4n) is 3.07. The summed E-state index contributed by atoms with van der Waals surface area (Å²) in [5.74, 6) is -0.0236. The van der Waals surface area contributed by atoms with Gasteiger partial charge in [0.25, 0.3) is 5.91 Å². The monoisotopic (exact) mass is 322 g/mol. The highest BCUT2D eigenvalue weighted by Gasteiger charge is 2.32. The van der Waals surface area contributed by atoms with Crippen molar-refractivity contribution in [2.24, 2.45) is 0 Å². The molecular formula is C20H22N2O2. The average Bonchev–Trinajstić information content (AvgIpc) is 2.96. The van der Waals surface area contributed by atoms with Crippen LogP contribution in [0.2, 0.25) is 0 Å². The lowest BCUT2D eigenvalue weighted by molar-refractivity contribution is -0.129. The number of carbonyl (C=O) groups excluding carboxylic acids is 2. The minimum atomic E-state index is -0.129. The van der Waals surface area contributed by atoms with E-state index in [0.717, 1.165) is 11.1 Å². The van der Waals surface area contributed by atoms with Gasteiger partial charge < -0.3 is 10.2 Å². The van der Waals surface area contributed by atoms with E-state index in [1.54, 1.807) is 6.07 Å². The molecule has 3 rings (SSSR count). The standard InChI is InChI=1S/C20H22N2O2/c1-14(2)22-13-18(12-19(22)23)21-20(24)17-10-6-9-16(11-17)15-7-4-3-5-8-15/h3-11,14,18H,12-13H2,1-2H3,(H,21,24). The maximum Gasteiger partial charge on any atom is 0.251 e. The Balaban J connectivity index is 1.71. The molecular weight excluding hydrogens is 300 g/mol. The molecule has 2 aromatic rings. The summed E-state index contributed by atoms with van der Waals surface area (Å²) in [7, 11) is 0. The lowest BCUT2D eigenvalue weighted by Gasteiger charge is -2.21. The zero-order valence-corrected chi connectivity index (χ0v) is 14.0. The second kappa shape index (κ2) is 6.87. The van der Waals surface area contributed by atoms with Crippen molar-refractivity contribution in [2.75, 3.05) is 6.54 Å². The average molecular weight is 322 g/mol. The van der Waals surface area contributed by atoms with Crippen molar-refractivity contribution >= 4 is 11.8 Å². The van der Waals surface area contributed by atoms with Crippen molar-refractivity contribution in [1.29, 1.82) is 0 Å². The molecule has 0 aliphatic carbocycles. The number of amides is 2. The van der Waals surface area contributed by atoms with E-state index in [0.29, 0.717) is 18.5 Å². The third-order valence-corrected chi connectivity index (χ3v) is 4.35. The first-order valence-electron chi connectivity index (χ1n) is 8.30. The van der Waals surface area contributed by atoms with Gasteiger partial charge in [-0.05, 0) is 37.1 Å². The second-order valence-corrected chi connectivity index (χ2v) is 6.46. The van der Waals surface area contributed by atoms with Crippen LogP contribution in [0.3, 0.4) is 0 Å². The maximum atomic E-state index is 12.5. The van der Waals surface area contributed by atoms with Crippen LogP contribution in [-0.4, -0.2) is 35.3 Å². The van der Waals surface area contributed by atoms with Gasteiger partial charge in [-0.1, -0.05) is 42.5 Å². The highest BCUT2D eigenvalue weighted by molar-refractivity contribution is 5.96. The van der Waals surface area contributed by atoms with Crippen LogP contribution in [0.5, 0.6) is 0 Å². The molecule has 2 amide bonds. The van der Waals surface area contributed by atoms with Crippen LogP contribution in [0.15, 0.2) is 54.6 Å². The van der Waals surface area contributed by atoms with Gasteiger partial charge in [0.2, 0.25) is 5.91 Å². The summed E-state index contributed by atoms with van der Waals surface area (Å²) in [6.07, 6.45) is 0.377. The first-order chi connectivity index (χ1) is 11.5. The maximum absolute atomic E-state index is 12.5. The van der Waals surface area contributed by atoms with Crippen LogP contribution < -0.4 is 5.32 Å². The smallest absolute Gasteiger partial charge is 0.251 e. The molecule has 1 N–H and O–H groups in total. The van der Waals surface area contributed by atoms with E-state index in [2.05, 4.69) is 5.32 Å². The van der Waals surface area contributed by atoms with Crippen LogP contribution in [0, 0.1) is 0 Å². The van der Waals surface area contributed by atoms with Crippen molar-refractivity contribution in [3.05, 3.63) is 60.2 Å². The lowest BCUT2D eigenvalue weighted by atomic mass is 10.0. The number of hydrogen-bond acceptors (Lipinski definition) is 2. The molecule has 1 heterocycles. The molecule has 0 spiro atoms. The first kappa shape index (κ1) is 16.2. The van der Waals surface area contributed by atoms with E-state index in [1.807, 2.05) is 67.3 Å². The van der Waals surface area contributed by atoms with Gasteiger partial charge in [-0.25, -0.2) is 0 Å². The molecule has 1 atom stereocenters. The van der Waals surface area contributed by atoms with E-state index >= 15 is 0 Å². The van der Waals surface area contributed by atoms with Gasteiger partial charge in [-0.15, -0.1) is 0 Å². The van der Waals surface area contributed by atoms with Crippen molar-refractivity contribution < 1.29 is 9.59 Å². The SMILES string of the molecule is CC(C)N1CC(NC(=O)c2cccc(-c3ccccc3)c2)CC1=O. The highest BCUT2D eigenvalue weighted by atomic mass is 16.2. The number of hydrogen-bond donors (Lipinski definition) is 1. The number of rotatable bonds is 4. The van der Waals surface area contributed by atoms with Gasteiger partial charge in [-0.3, -0.25) is 9.59 Å². The summed E-state index contributed by atoms with van der Waals surface area (Å²) in [6.45, 7) is 4.57. The molecule has 1 aliphatic heterocycles. The Hall–Kier alpha value is -2.62. The third-order valence-electron chi connectivity index (χ3n) is 4.35. The van der Waals surface area contributed by atoms with Crippen molar-refractivity contribution in [3.8, 4) is 11.1 Å². The van der Waals surface area contributed by atoms with Crippen molar-refractivity contribution in [2.45, 2.75) is 32.4 Å². The van der Waals surface area contributed by atoms with Gasteiger partial charge in [0.1, 0.15) is 0 Å². The number of benzene rings is 2. The molecule has 0 saturated carbocycles. The van der Waals surface area contributed by atoms with Crippen LogP contribution in [0.1, 0.15) is 30.6 Å². The molecule has 1 aliphatic rings. The Morgan fingerprint density at radius 3 is 2.46 bits per heavy atom. The van der Waals surface area contributed by atoms with Gasteiger partial charge in [0.05, 0.1) is 6.04 Å².